The van der Waals surface area contributed by atoms with Crippen molar-refractivity contribution in [2.75, 3.05) is 4.90 Å². The minimum absolute atomic E-state index is 0.0355. The molecule has 0 radical (unpaired) electrons. The highest BCUT2D eigenvalue weighted by molar-refractivity contribution is 6.35. The van der Waals surface area contributed by atoms with Crippen molar-refractivity contribution in [1.29, 1.82) is 0 Å². The summed E-state index contributed by atoms with van der Waals surface area (Å²) >= 11 is 12.0. The van der Waals surface area contributed by atoms with Gasteiger partial charge in [0, 0.05) is 5.02 Å². The molecule has 4 atom stereocenters. The lowest BCUT2D eigenvalue weighted by Crippen LogP contribution is -2.32. The molecule has 3 fully saturated rings. The van der Waals surface area contributed by atoms with Crippen molar-refractivity contribution in [3.05, 3.63) is 52.5 Å². The SMILES string of the molecule is O=C1[C@@H]2[C@H]3CC[C@@H](C3)[C@H]2C(=O)N1c1ccc(Oc2ccc(Cl)cc2Cl)cc1. The first-order chi connectivity index (χ1) is 13.0. The van der Waals surface area contributed by atoms with Crippen LogP contribution in [0.15, 0.2) is 42.5 Å². The van der Waals surface area contributed by atoms with E-state index in [-0.39, 0.29) is 23.7 Å². The minimum Gasteiger partial charge on any atom is -0.456 e. The maximum Gasteiger partial charge on any atom is 0.237 e. The number of ether oxygens (including phenoxy) is 1. The first-order valence-corrected chi connectivity index (χ1v) is 9.89. The van der Waals surface area contributed by atoms with Crippen molar-refractivity contribution in [1.82, 2.24) is 0 Å². The van der Waals surface area contributed by atoms with Gasteiger partial charge >= 0.3 is 0 Å². The third kappa shape index (κ3) is 2.66. The largest absolute Gasteiger partial charge is 0.456 e. The molecule has 0 aromatic heterocycles. The zero-order chi connectivity index (χ0) is 18.7. The summed E-state index contributed by atoms with van der Waals surface area (Å²) in [5.74, 6) is 1.54. The molecule has 4 nitrogen and oxygen atoms in total. The molecule has 2 aliphatic carbocycles. The summed E-state index contributed by atoms with van der Waals surface area (Å²) in [6.45, 7) is 0. The van der Waals surface area contributed by atoms with E-state index in [2.05, 4.69) is 0 Å². The van der Waals surface area contributed by atoms with Crippen molar-refractivity contribution in [2.24, 2.45) is 23.7 Å². The van der Waals surface area contributed by atoms with Gasteiger partial charge in [0.25, 0.3) is 0 Å². The van der Waals surface area contributed by atoms with E-state index in [0.29, 0.717) is 39.1 Å². The summed E-state index contributed by atoms with van der Waals surface area (Å²) in [5, 5.41) is 0.952. The van der Waals surface area contributed by atoms with E-state index < -0.39 is 0 Å². The van der Waals surface area contributed by atoms with Crippen LogP contribution >= 0.6 is 23.2 Å². The summed E-state index contributed by atoms with van der Waals surface area (Å²) in [4.78, 5) is 27.1. The first kappa shape index (κ1) is 17.1. The number of imide groups is 1. The van der Waals surface area contributed by atoms with E-state index >= 15 is 0 Å². The number of benzene rings is 2. The third-order valence-electron chi connectivity index (χ3n) is 6.14. The Morgan fingerprint density at radius 1 is 0.889 bits per heavy atom. The Labute approximate surface area is 167 Å². The number of carbonyl (C=O) groups excluding carboxylic acids is 2. The molecule has 138 valence electrons. The van der Waals surface area contributed by atoms with Crippen LogP contribution in [-0.4, -0.2) is 11.8 Å². The number of fused-ring (bicyclic) bond motifs is 5. The Bertz CT molecular complexity index is 915. The quantitative estimate of drug-likeness (QED) is 0.653. The van der Waals surface area contributed by atoms with Gasteiger partial charge < -0.3 is 4.74 Å². The molecule has 1 heterocycles. The Morgan fingerprint density at radius 2 is 1.52 bits per heavy atom. The van der Waals surface area contributed by atoms with E-state index in [0.717, 1.165) is 19.3 Å². The van der Waals surface area contributed by atoms with Gasteiger partial charge in [-0.05, 0) is 73.6 Å². The minimum atomic E-state index is -0.111. The van der Waals surface area contributed by atoms with E-state index in [1.807, 2.05) is 0 Å². The lowest BCUT2D eigenvalue weighted by atomic mass is 9.81. The number of nitrogens with zero attached hydrogens (tertiary/aromatic N) is 1. The van der Waals surface area contributed by atoms with Crippen molar-refractivity contribution in [3.8, 4) is 11.5 Å². The zero-order valence-electron chi connectivity index (χ0n) is 14.4. The Balaban J connectivity index is 1.38. The number of hydrogen-bond donors (Lipinski definition) is 0. The molecule has 1 saturated heterocycles. The molecule has 5 rings (SSSR count). The van der Waals surface area contributed by atoms with E-state index in [4.69, 9.17) is 27.9 Å². The van der Waals surface area contributed by atoms with E-state index in [1.54, 1.807) is 42.5 Å². The smallest absolute Gasteiger partial charge is 0.237 e. The summed E-state index contributed by atoms with van der Waals surface area (Å²) in [6, 6.07) is 12.0. The van der Waals surface area contributed by atoms with Gasteiger partial charge in [0.05, 0.1) is 22.5 Å². The van der Waals surface area contributed by atoms with Crippen LogP contribution in [0.3, 0.4) is 0 Å². The lowest BCUT2D eigenvalue weighted by molar-refractivity contribution is -0.123. The van der Waals surface area contributed by atoms with Crippen LogP contribution in [0.25, 0.3) is 0 Å². The second kappa shape index (κ2) is 6.25. The van der Waals surface area contributed by atoms with Crippen LogP contribution in [0, 0.1) is 23.7 Å². The molecule has 2 saturated carbocycles. The van der Waals surface area contributed by atoms with Crippen molar-refractivity contribution in [3.63, 3.8) is 0 Å². The normalized spacial score (nSPS) is 28.7. The Kier molecular flexibility index (Phi) is 3.95. The number of hydrogen-bond acceptors (Lipinski definition) is 3. The van der Waals surface area contributed by atoms with E-state index in [9.17, 15) is 9.59 Å². The average Bonchev–Trinajstić information content (AvgIpc) is 3.32. The van der Waals surface area contributed by atoms with Crippen LogP contribution in [0.4, 0.5) is 5.69 Å². The average molecular weight is 402 g/mol. The highest BCUT2D eigenvalue weighted by Crippen LogP contribution is 2.56. The van der Waals surface area contributed by atoms with Gasteiger partial charge in [-0.15, -0.1) is 0 Å². The molecule has 2 aromatic rings. The number of amides is 2. The Morgan fingerprint density at radius 3 is 2.11 bits per heavy atom. The van der Waals surface area contributed by atoms with Crippen molar-refractivity contribution in [2.45, 2.75) is 19.3 Å². The molecule has 0 N–H and O–H groups in total. The van der Waals surface area contributed by atoms with Crippen LogP contribution < -0.4 is 9.64 Å². The fourth-order valence-corrected chi connectivity index (χ4v) is 5.46. The van der Waals surface area contributed by atoms with Gasteiger partial charge in [-0.2, -0.15) is 0 Å². The van der Waals surface area contributed by atoms with Gasteiger partial charge in [0.1, 0.15) is 11.5 Å². The topological polar surface area (TPSA) is 46.6 Å². The predicted molar refractivity (Wildman–Crippen MR) is 103 cm³/mol. The molecule has 6 heteroatoms. The number of carbonyl (C=O) groups is 2. The number of rotatable bonds is 3. The molecule has 3 aliphatic rings. The third-order valence-corrected chi connectivity index (χ3v) is 6.67. The van der Waals surface area contributed by atoms with Crippen molar-refractivity contribution >= 4 is 40.7 Å². The van der Waals surface area contributed by atoms with Gasteiger partial charge in [-0.1, -0.05) is 23.2 Å². The van der Waals surface area contributed by atoms with Gasteiger partial charge in [-0.3, -0.25) is 14.5 Å². The molecule has 0 unspecified atom stereocenters. The zero-order valence-corrected chi connectivity index (χ0v) is 15.9. The first-order valence-electron chi connectivity index (χ1n) is 9.14. The molecule has 0 spiro atoms. The standard InChI is InChI=1S/C21H17Cl2NO3/c22-13-3-8-17(16(23)10-13)27-15-6-4-14(5-7-15)24-20(25)18-11-1-2-12(9-11)19(18)21(24)26/h3-8,10-12,18-19H,1-2,9H2/t11-,12-,18+,19+/m0/s1. The summed E-state index contributed by atoms with van der Waals surface area (Å²) in [5.41, 5.74) is 0.605. The fraction of sp³-hybridized carbons (Fsp3) is 0.333. The summed E-state index contributed by atoms with van der Waals surface area (Å²) in [7, 11) is 0. The monoisotopic (exact) mass is 401 g/mol. The second-order valence-corrected chi connectivity index (χ2v) is 8.41. The van der Waals surface area contributed by atoms with E-state index in [1.165, 1.54) is 4.90 Å². The Hall–Kier alpha value is -2.04. The highest BCUT2D eigenvalue weighted by Gasteiger charge is 2.61. The number of halogens is 2. The highest BCUT2D eigenvalue weighted by atomic mass is 35.5. The molecule has 2 amide bonds. The number of anilines is 1. The maximum atomic E-state index is 12.9. The van der Waals surface area contributed by atoms with Gasteiger partial charge in [-0.25, -0.2) is 0 Å². The molecular formula is C21H17Cl2NO3. The van der Waals surface area contributed by atoms with Crippen LogP contribution in [0.5, 0.6) is 11.5 Å². The van der Waals surface area contributed by atoms with Gasteiger partial charge in [0.2, 0.25) is 11.8 Å². The lowest BCUT2D eigenvalue weighted by Gasteiger charge is -2.19. The summed E-state index contributed by atoms with van der Waals surface area (Å²) in [6.07, 6.45) is 3.19. The van der Waals surface area contributed by atoms with Crippen molar-refractivity contribution < 1.29 is 14.3 Å². The van der Waals surface area contributed by atoms with Gasteiger partial charge in [0.15, 0.2) is 0 Å². The van der Waals surface area contributed by atoms with Crippen LogP contribution in [-0.2, 0) is 9.59 Å². The summed E-state index contributed by atoms with van der Waals surface area (Å²) < 4.78 is 5.78. The molecule has 1 aliphatic heterocycles. The second-order valence-electron chi connectivity index (χ2n) is 7.57. The predicted octanol–water partition coefficient (Wildman–Crippen LogP) is 5.32. The fourth-order valence-electron chi connectivity index (χ4n) is 5.01. The molecule has 2 aromatic carbocycles. The molecular weight excluding hydrogens is 385 g/mol. The molecule has 2 bridgehead atoms. The van der Waals surface area contributed by atoms with Crippen LogP contribution in [0.1, 0.15) is 19.3 Å². The van der Waals surface area contributed by atoms with Crippen LogP contribution in [0.2, 0.25) is 10.0 Å². The molecule has 27 heavy (non-hydrogen) atoms. The maximum absolute atomic E-state index is 12.9.